The number of nitrogens with zero attached hydrogens (tertiary/aromatic N) is 1. The molecule has 1 heterocycles. The lowest BCUT2D eigenvalue weighted by atomic mass is 9.85. The summed E-state index contributed by atoms with van der Waals surface area (Å²) in [4.78, 5) is 28.5. The highest BCUT2D eigenvalue weighted by molar-refractivity contribution is 7.88. The molecule has 1 fully saturated rings. The van der Waals surface area contributed by atoms with Crippen LogP contribution in [0.2, 0.25) is 0 Å². The van der Waals surface area contributed by atoms with Crippen LogP contribution < -0.4 is 20.1 Å². The van der Waals surface area contributed by atoms with Gasteiger partial charge in [-0.3, -0.25) is 14.6 Å². The van der Waals surface area contributed by atoms with E-state index in [9.17, 15) is 18.0 Å². The lowest BCUT2D eigenvalue weighted by Gasteiger charge is -2.28. The summed E-state index contributed by atoms with van der Waals surface area (Å²) in [5, 5.41) is 5.69. The normalized spacial score (nSPS) is 19.9. The second-order valence-electron chi connectivity index (χ2n) is 6.56. The Morgan fingerprint density at radius 1 is 1.22 bits per heavy atom. The monoisotopic (exact) mass is 398 g/mol. The molecule has 0 aliphatic heterocycles. The fourth-order valence-corrected chi connectivity index (χ4v) is 3.46. The standard InChI is InChI=1S/C17H26N4O5S/c1-26-14-7-8-18-15(11-14)17(23)21-13-5-3-12(4-6-13)16(22)19-9-10-20-27(2,24)25/h7-8,11-13,20H,3-6,9-10H2,1-2H3,(H,19,22)(H,21,23). The Morgan fingerprint density at radius 2 is 1.93 bits per heavy atom. The van der Waals surface area contributed by atoms with Crippen molar-refractivity contribution in [3.63, 3.8) is 0 Å². The van der Waals surface area contributed by atoms with Gasteiger partial charge in [0, 0.05) is 37.3 Å². The second kappa shape index (κ2) is 9.65. The van der Waals surface area contributed by atoms with Crippen molar-refractivity contribution in [1.82, 2.24) is 20.3 Å². The molecule has 1 aromatic heterocycles. The molecule has 0 unspecified atom stereocenters. The van der Waals surface area contributed by atoms with Gasteiger partial charge in [-0.05, 0) is 31.7 Å². The fraction of sp³-hybridized carbons (Fsp3) is 0.588. The second-order valence-corrected chi connectivity index (χ2v) is 8.39. The maximum absolute atomic E-state index is 12.3. The van der Waals surface area contributed by atoms with Crippen molar-refractivity contribution in [2.45, 2.75) is 31.7 Å². The number of methoxy groups -OCH3 is 1. The van der Waals surface area contributed by atoms with Gasteiger partial charge in [0.1, 0.15) is 11.4 Å². The molecule has 2 amide bonds. The molecular formula is C17H26N4O5S. The van der Waals surface area contributed by atoms with Gasteiger partial charge in [0.15, 0.2) is 0 Å². The van der Waals surface area contributed by atoms with Crippen LogP contribution in [0.15, 0.2) is 18.3 Å². The molecule has 1 aliphatic carbocycles. The van der Waals surface area contributed by atoms with Gasteiger partial charge in [0.2, 0.25) is 15.9 Å². The summed E-state index contributed by atoms with van der Waals surface area (Å²) in [5.41, 5.74) is 0.299. The molecule has 0 radical (unpaired) electrons. The zero-order chi connectivity index (χ0) is 19.9. The number of aromatic nitrogens is 1. The number of carbonyl (C=O) groups is 2. The molecule has 1 aliphatic rings. The largest absolute Gasteiger partial charge is 0.497 e. The average Bonchev–Trinajstić information content (AvgIpc) is 2.65. The zero-order valence-electron chi connectivity index (χ0n) is 15.5. The van der Waals surface area contributed by atoms with E-state index in [1.54, 1.807) is 12.1 Å². The van der Waals surface area contributed by atoms with Crippen LogP contribution in [0.25, 0.3) is 0 Å². The summed E-state index contributed by atoms with van der Waals surface area (Å²) in [5.74, 6) is 0.116. The van der Waals surface area contributed by atoms with E-state index in [4.69, 9.17) is 4.74 Å². The van der Waals surface area contributed by atoms with Gasteiger partial charge in [-0.25, -0.2) is 13.1 Å². The third-order valence-corrected chi connectivity index (χ3v) is 5.15. The third kappa shape index (κ3) is 7.14. The van der Waals surface area contributed by atoms with E-state index in [0.29, 0.717) is 37.1 Å². The minimum Gasteiger partial charge on any atom is -0.497 e. The summed E-state index contributed by atoms with van der Waals surface area (Å²) in [6.07, 6.45) is 5.34. The SMILES string of the molecule is COc1ccnc(C(=O)NC2CCC(C(=O)NCCNS(C)(=O)=O)CC2)c1. The summed E-state index contributed by atoms with van der Waals surface area (Å²) >= 11 is 0. The first-order valence-corrected chi connectivity index (χ1v) is 10.7. The molecule has 0 saturated heterocycles. The third-order valence-electron chi connectivity index (χ3n) is 4.42. The topological polar surface area (TPSA) is 126 Å². The Morgan fingerprint density at radius 3 is 2.56 bits per heavy atom. The van der Waals surface area contributed by atoms with Crippen LogP contribution in [0.5, 0.6) is 5.75 Å². The summed E-state index contributed by atoms with van der Waals surface area (Å²) in [7, 11) is -1.72. The molecule has 1 saturated carbocycles. The van der Waals surface area contributed by atoms with Crippen LogP contribution in [0.1, 0.15) is 36.2 Å². The lowest BCUT2D eigenvalue weighted by Crippen LogP contribution is -2.42. The highest BCUT2D eigenvalue weighted by Gasteiger charge is 2.27. The number of hydrogen-bond acceptors (Lipinski definition) is 6. The predicted octanol–water partition coefficient (Wildman–Crippen LogP) is 0.0442. The number of pyridine rings is 1. The van der Waals surface area contributed by atoms with Gasteiger partial charge in [0.05, 0.1) is 13.4 Å². The maximum atomic E-state index is 12.3. The van der Waals surface area contributed by atoms with Crippen molar-refractivity contribution in [2.75, 3.05) is 26.5 Å². The molecule has 150 valence electrons. The lowest BCUT2D eigenvalue weighted by molar-refractivity contribution is -0.125. The van der Waals surface area contributed by atoms with Crippen LogP contribution in [-0.4, -0.2) is 57.7 Å². The van der Waals surface area contributed by atoms with Crippen molar-refractivity contribution in [3.8, 4) is 5.75 Å². The van der Waals surface area contributed by atoms with E-state index in [1.807, 2.05) is 0 Å². The first-order chi connectivity index (χ1) is 12.8. The molecule has 27 heavy (non-hydrogen) atoms. The van der Waals surface area contributed by atoms with Crippen molar-refractivity contribution >= 4 is 21.8 Å². The number of hydrogen-bond donors (Lipinski definition) is 3. The molecule has 0 bridgehead atoms. The molecule has 0 spiro atoms. The average molecular weight is 398 g/mol. The van der Waals surface area contributed by atoms with Crippen LogP contribution in [0, 0.1) is 5.92 Å². The Balaban J connectivity index is 1.73. The Hall–Kier alpha value is -2.20. The smallest absolute Gasteiger partial charge is 0.270 e. The summed E-state index contributed by atoms with van der Waals surface area (Å²) in [6, 6.07) is 3.26. The van der Waals surface area contributed by atoms with Crippen LogP contribution in [0.3, 0.4) is 0 Å². The van der Waals surface area contributed by atoms with E-state index in [2.05, 4.69) is 20.3 Å². The quantitative estimate of drug-likeness (QED) is 0.531. The Kier molecular flexibility index (Phi) is 7.55. The van der Waals surface area contributed by atoms with Crippen molar-refractivity contribution in [1.29, 1.82) is 0 Å². The van der Waals surface area contributed by atoms with Crippen LogP contribution in [-0.2, 0) is 14.8 Å². The molecule has 9 nitrogen and oxygen atoms in total. The molecular weight excluding hydrogens is 372 g/mol. The number of rotatable bonds is 8. The van der Waals surface area contributed by atoms with E-state index >= 15 is 0 Å². The molecule has 0 atom stereocenters. The number of carbonyl (C=O) groups excluding carboxylic acids is 2. The number of sulfonamides is 1. The van der Waals surface area contributed by atoms with Crippen molar-refractivity contribution in [2.24, 2.45) is 5.92 Å². The Bertz CT molecular complexity index is 760. The van der Waals surface area contributed by atoms with E-state index in [-0.39, 0.29) is 36.9 Å². The molecule has 2 rings (SSSR count). The minimum absolute atomic E-state index is 0.00134. The van der Waals surface area contributed by atoms with Gasteiger partial charge < -0.3 is 15.4 Å². The molecule has 10 heteroatoms. The summed E-state index contributed by atoms with van der Waals surface area (Å²) < 4.78 is 29.4. The van der Waals surface area contributed by atoms with Gasteiger partial charge in [-0.1, -0.05) is 0 Å². The van der Waals surface area contributed by atoms with E-state index in [0.717, 1.165) is 6.26 Å². The molecule has 1 aromatic rings. The van der Waals surface area contributed by atoms with Gasteiger partial charge in [-0.2, -0.15) is 0 Å². The fourth-order valence-electron chi connectivity index (χ4n) is 2.99. The summed E-state index contributed by atoms with van der Waals surface area (Å²) in [6.45, 7) is 0.424. The van der Waals surface area contributed by atoms with Crippen molar-refractivity contribution in [3.05, 3.63) is 24.0 Å². The minimum atomic E-state index is -3.25. The van der Waals surface area contributed by atoms with Crippen molar-refractivity contribution < 1.29 is 22.7 Å². The first-order valence-electron chi connectivity index (χ1n) is 8.81. The molecule has 3 N–H and O–H groups in total. The van der Waals surface area contributed by atoms with Gasteiger partial charge >= 0.3 is 0 Å². The van der Waals surface area contributed by atoms with Crippen LogP contribution >= 0.6 is 0 Å². The van der Waals surface area contributed by atoms with E-state index in [1.165, 1.54) is 13.3 Å². The Labute approximate surface area is 159 Å². The highest BCUT2D eigenvalue weighted by atomic mass is 32.2. The number of amides is 2. The number of nitrogens with one attached hydrogen (secondary N) is 3. The maximum Gasteiger partial charge on any atom is 0.270 e. The first kappa shape index (κ1) is 21.1. The number of ether oxygens (including phenoxy) is 1. The van der Waals surface area contributed by atoms with Crippen LogP contribution in [0.4, 0.5) is 0 Å². The van der Waals surface area contributed by atoms with Gasteiger partial charge in [0.25, 0.3) is 5.91 Å². The molecule has 0 aromatic carbocycles. The zero-order valence-corrected chi connectivity index (χ0v) is 16.3. The highest BCUT2D eigenvalue weighted by Crippen LogP contribution is 2.24. The van der Waals surface area contributed by atoms with Gasteiger partial charge in [-0.15, -0.1) is 0 Å². The predicted molar refractivity (Wildman–Crippen MR) is 99.9 cm³/mol. The van der Waals surface area contributed by atoms with E-state index < -0.39 is 10.0 Å².